The van der Waals surface area contributed by atoms with Crippen LogP contribution in [0, 0.1) is 29.1 Å². The summed E-state index contributed by atoms with van der Waals surface area (Å²) in [5.74, 6) is -7.95. The molecule has 0 aliphatic heterocycles. The number of ketones is 1. The lowest BCUT2D eigenvalue weighted by Crippen LogP contribution is -2.34. The van der Waals surface area contributed by atoms with Crippen LogP contribution in [-0.4, -0.2) is 90.4 Å². The van der Waals surface area contributed by atoms with Crippen LogP contribution < -0.4 is 15.9 Å². The highest BCUT2D eigenvalue weighted by molar-refractivity contribution is 8.26. The van der Waals surface area contributed by atoms with Crippen molar-refractivity contribution in [1.29, 1.82) is 0 Å². The molecule has 5 aliphatic rings. The molecule has 5 aliphatic carbocycles. The van der Waals surface area contributed by atoms with E-state index >= 15 is 0 Å². The molecule has 1 fully saturated rings. The first-order chi connectivity index (χ1) is 68.4. The van der Waals surface area contributed by atoms with E-state index in [9.17, 15) is 55.5 Å². The van der Waals surface area contributed by atoms with Crippen molar-refractivity contribution in [2.24, 2.45) is 0 Å². The number of methoxy groups -OCH3 is 4. The number of carbonyl (C=O) groups is 7. The number of halogens is 8. The summed E-state index contributed by atoms with van der Waals surface area (Å²) in [5.41, 5.74) is 17.1. The van der Waals surface area contributed by atoms with Crippen molar-refractivity contribution in [1.82, 2.24) is 0 Å². The Kier molecular flexibility index (Phi) is 38.1. The number of carbonyl (C=O) groups excluding carboxylic acids is 6. The molecule has 12 aromatic carbocycles. The quantitative estimate of drug-likeness (QED) is 0.0230. The van der Waals surface area contributed by atoms with E-state index in [-0.39, 0.29) is 89.2 Å². The van der Waals surface area contributed by atoms with Crippen LogP contribution >= 0.6 is 40.2 Å². The zero-order chi connectivity index (χ0) is 108. The second kappa shape index (κ2) is 48.0. The molecule has 12 aromatic rings. The van der Waals surface area contributed by atoms with Crippen LogP contribution in [0.1, 0.15) is 325 Å². The molecule has 14 nitrogen and oxygen atoms in total. The van der Waals surface area contributed by atoms with Crippen LogP contribution in [0.2, 0.25) is 0 Å². The minimum absolute atomic E-state index is 0.00294. The monoisotopic (exact) mass is 2080 g/mol. The van der Waals surface area contributed by atoms with Crippen molar-refractivity contribution < 1.29 is 88.9 Å². The number of esters is 4. The molecule has 770 valence electrons. The van der Waals surface area contributed by atoms with E-state index < -0.39 is 80.7 Å². The number of carboxylic acids is 1. The molecule has 0 amide bonds. The molecule has 0 atom stereocenters. The number of benzene rings is 12. The van der Waals surface area contributed by atoms with Crippen LogP contribution in [0.4, 0.5) is 22.0 Å². The molecule has 24 heteroatoms. The second-order valence-corrected chi connectivity index (χ2v) is 49.2. The third kappa shape index (κ3) is 27.4. The molecule has 1 saturated carbocycles. The lowest BCUT2D eigenvalue weighted by atomic mass is 9.62. The van der Waals surface area contributed by atoms with Gasteiger partial charge in [-0.05, 0) is 312 Å². The first-order valence-electron chi connectivity index (χ1n) is 48.4. The fraction of sp³-hybridized carbons (Fsp3) is 0.336. The van der Waals surface area contributed by atoms with Gasteiger partial charge in [-0.1, -0.05) is 263 Å². The molecule has 146 heavy (non-hydrogen) atoms. The molecular formula is C122H132Cl3F5O14PS+. The Balaban J connectivity index is 0.000000177. The third-order valence-corrected chi connectivity index (χ3v) is 33.6. The molecule has 0 radical (unpaired) electrons. The Labute approximate surface area is 873 Å². The predicted molar refractivity (Wildman–Crippen MR) is 580 cm³/mol. The largest absolute Gasteiger partial charge is 0.478 e. The Bertz CT molecular complexity index is 6540. The number of hydrogen-bond acceptors (Lipinski definition) is 13. The molecule has 0 saturated heterocycles. The molecular weight excluding hydrogens is 1950 g/mol. The maximum absolute atomic E-state index is 14.3. The Morgan fingerprint density at radius 3 is 0.918 bits per heavy atom. The van der Waals surface area contributed by atoms with Gasteiger partial charge < -0.3 is 29.2 Å². The van der Waals surface area contributed by atoms with Gasteiger partial charge in [-0.15, -0.1) is 0 Å². The van der Waals surface area contributed by atoms with Crippen molar-refractivity contribution >= 4 is 112 Å². The van der Waals surface area contributed by atoms with Crippen molar-refractivity contribution in [2.75, 3.05) is 35.1 Å². The van der Waals surface area contributed by atoms with Crippen LogP contribution in [0.3, 0.4) is 0 Å². The molecule has 0 spiro atoms. The molecule has 0 bridgehead atoms. The van der Waals surface area contributed by atoms with E-state index in [0.717, 1.165) is 93.0 Å². The molecule has 2 N–H and O–H groups in total. The number of fused-ring (bicyclic) bond motifs is 4. The van der Waals surface area contributed by atoms with Gasteiger partial charge in [0.1, 0.15) is 52.3 Å². The standard InChI is InChI=1S/2C24H27FO2.C23H25FO3.C19H18P.C14H20.C9H6ClFO3.C9H9FO3.Cl2OS/c1-22(2)9-10-23(3,4)19-13-15(6-8-18(19)22)24(11-12-24)16-5-7-17(21(26)27)20(25)14-16;1-15(17-7-9-18(21(25)14-17)22(26)27-6)16-8-10-19-20(13-16)24(4,5)12-11-23(19,2)3;1-22(2)10-11-23(3,4)18-12-14(7-9-17(18)22)20(25)15-6-8-16(19(24)13-15)21(26)27-5;1-20(17-11-5-2-6-12-17,18-13-7-3-8-14-18)19-15-9-4-10-16-19;1-13(2)9-10-14(3,4)12-8-6-5-7-11(12)13;1-14-9(13)6-3-2-5(8(10)12)4-7(6)11;1-13-9(12)7-3-2-6(5-11)4-8(7)10;1-4(2)3/h5-8,13-14H,9-12H2,1-4H3,(H,26,27);7-10,13-14H,1,11-12H2,2-6H3;6-9,12-13H,10-11H2,1-5H3;2-16H,1H3;5-8H,9-10H2,1-4H3;2-4H,1H3;2-4,11H,5H2,1H3;/q;;;+1;;;;. The normalized spacial score (nSPS) is 16.0. The van der Waals surface area contributed by atoms with E-state index in [1.54, 1.807) is 23.3 Å². The van der Waals surface area contributed by atoms with Gasteiger partial charge in [-0.25, -0.2) is 50.1 Å². The van der Waals surface area contributed by atoms with Crippen LogP contribution in [0.15, 0.2) is 267 Å². The first kappa shape index (κ1) is 116. The number of rotatable bonds is 16. The van der Waals surface area contributed by atoms with Crippen molar-refractivity contribution in [2.45, 2.75) is 230 Å². The van der Waals surface area contributed by atoms with E-state index in [4.69, 9.17) is 26.0 Å². The Hall–Kier alpha value is -11.9. The van der Waals surface area contributed by atoms with Gasteiger partial charge in [0.2, 0.25) is 9.23 Å². The van der Waals surface area contributed by atoms with E-state index in [1.807, 2.05) is 18.2 Å². The number of aliphatic hydroxyl groups is 1. The fourth-order valence-electron chi connectivity index (χ4n) is 19.5. The summed E-state index contributed by atoms with van der Waals surface area (Å²) in [6.07, 6.45) is 11.3. The number of hydrogen-bond donors (Lipinski definition) is 2. The van der Waals surface area contributed by atoms with E-state index in [1.165, 1.54) is 150 Å². The molecule has 0 heterocycles. The summed E-state index contributed by atoms with van der Waals surface area (Å²) in [5, 5.41) is 21.3. The lowest BCUT2D eigenvalue weighted by molar-refractivity contribution is 0.0586. The Morgan fingerprint density at radius 2 is 0.582 bits per heavy atom. The number of aliphatic hydroxyl groups excluding tert-OH is 1. The summed E-state index contributed by atoms with van der Waals surface area (Å²) in [4.78, 5) is 79.6. The SMILES string of the molecule is C=C(c1ccc(C(=O)OC)c(F)c1)c1ccc2c(c1)C(C)(C)CCC2(C)C.CC1(C)CCC(C)(C)c2cc(C3(c4ccc(C(=O)O)c(F)c4)CC3)ccc21.CC1(C)CCC(C)(C)c2ccccc21.COC(=O)c1ccc(C(=O)Cl)cc1F.COC(=O)c1ccc(C(=O)c2ccc3c(c2)C(C)(C)CCC3(C)C)cc1F.COC(=O)c1ccc(CO)cc1F.C[P+](c1ccccc1)(c1ccccc1)c1ccccc1.O=S(Cl)Cl. The summed E-state index contributed by atoms with van der Waals surface area (Å²) in [6, 6.07) is 80.8. The van der Waals surface area contributed by atoms with Crippen molar-refractivity contribution in [3.05, 3.63) is 413 Å². The number of carboxylic acid groups (broad SMARTS) is 1. The summed E-state index contributed by atoms with van der Waals surface area (Å²) in [6.45, 7) is 43.0. The minimum atomic E-state index is -1.67. The summed E-state index contributed by atoms with van der Waals surface area (Å²) >= 11 is 5.12. The van der Waals surface area contributed by atoms with Gasteiger partial charge in [-0.2, -0.15) is 0 Å². The highest BCUT2D eigenvalue weighted by atomic mass is 36.0. The van der Waals surface area contributed by atoms with Gasteiger partial charge in [0, 0.05) is 43.5 Å². The van der Waals surface area contributed by atoms with Gasteiger partial charge in [0.25, 0.3) is 5.24 Å². The van der Waals surface area contributed by atoms with Crippen molar-refractivity contribution in [3.8, 4) is 0 Å². The number of ether oxygens (including phenoxy) is 4. The van der Waals surface area contributed by atoms with Crippen LogP contribution in [0.5, 0.6) is 0 Å². The zero-order valence-electron chi connectivity index (χ0n) is 87.0. The minimum Gasteiger partial charge on any atom is -0.478 e. The molecule has 17 rings (SSSR count). The topological polar surface area (TPSA) is 214 Å². The van der Waals surface area contributed by atoms with E-state index in [2.05, 4.69) is 316 Å². The number of aromatic carboxylic acids is 1. The van der Waals surface area contributed by atoms with Gasteiger partial charge >= 0.3 is 29.8 Å². The van der Waals surface area contributed by atoms with Gasteiger partial charge in [0.15, 0.2) is 5.78 Å². The average Bonchev–Trinajstić information content (AvgIpc) is 1.55. The molecule has 0 unspecified atom stereocenters. The smallest absolute Gasteiger partial charge is 0.340 e. The Morgan fingerprint density at radius 1 is 0.329 bits per heavy atom. The van der Waals surface area contributed by atoms with Gasteiger partial charge in [-0.3, -0.25) is 9.59 Å². The zero-order valence-corrected chi connectivity index (χ0v) is 91.0. The van der Waals surface area contributed by atoms with Crippen LogP contribution in [-0.2, 0) is 83.5 Å². The lowest BCUT2D eigenvalue weighted by Gasteiger charge is -2.42. The third-order valence-electron chi connectivity index (χ3n) is 29.4. The van der Waals surface area contributed by atoms with E-state index in [0.29, 0.717) is 27.5 Å². The maximum atomic E-state index is 14.3. The maximum Gasteiger partial charge on any atom is 0.340 e. The first-order valence-corrected chi connectivity index (χ1v) is 53.8. The second-order valence-electron chi connectivity index (χ2n) is 42.8. The summed E-state index contributed by atoms with van der Waals surface area (Å²) in [7, 11) is 10.6. The van der Waals surface area contributed by atoms with Gasteiger partial charge in [0.05, 0.1) is 69.5 Å². The predicted octanol–water partition coefficient (Wildman–Crippen LogP) is 29.0. The highest BCUT2D eigenvalue weighted by Gasteiger charge is 2.49. The summed E-state index contributed by atoms with van der Waals surface area (Å²) < 4.78 is 95.9. The molecule has 0 aromatic heterocycles. The average molecular weight is 2090 g/mol. The fourth-order valence-corrected chi connectivity index (χ4v) is 22.8. The van der Waals surface area contributed by atoms with Crippen molar-refractivity contribution in [3.63, 3.8) is 0 Å². The highest BCUT2D eigenvalue weighted by Crippen LogP contribution is 2.57. The van der Waals surface area contributed by atoms with Crippen LogP contribution in [0.25, 0.3) is 5.57 Å².